The highest BCUT2D eigenvalue weighted by Gasteiger charge is 2.35. The maximum atomic E-state index is 14.6. The Morgan fingerprint density at radius 1 is 1.21 bits per heavy atom. The zero-order valence-electron chi connectivity index (χ0n) is 14.6. The molecule has 1 aromatic carbocycles. The van der Waals surface area contributed by atoms with Crippen LogP contribution in [0.4, 0.5) is 10.2 Å². The Morgan fingerprint density at radius 3 is 2.89 bits per heavy atom. The van der Waals surface area contributed by atoms with Gasteiger partial charge in [-0.15, -0.1) is 15.3 Å². The molecule has 5 rings (SSSR count). The van der Waals surface area contributed by atoms with Crippen LogP contribution in [0.2, 0.25) is 5.02 Å². The van der Waals surface area contributed by atoms with Gasteiger partial charge in [-0.3, -0.25) is 4.79 Å². The summed E-state index contributed by atoms with van der Waals surface area (Å²) in [5.74, 6) is -0.308. The van der Waals surface area contributed by atoms with E-state index in [-0.39, 0.29) is 17.4 Å². The molecule has 140 valence electrons. The molecule has 0 saturated heterocycles. The number of hydrogen-bond donors (Lipinski definition) is 1. The largest absolute Gasteiger partial charge is 0.310 e. The summed E-state index contributed by atoms with van der Waals surface area (Å²) < 4.78 is 17.6. The molecular weight excluding hydrogens is 385 g/mol. The summed E-state index contributed by atoms with van der Waals surface area (Å²) in [7, 11) is 0. The fraction of sp³-hybridized carbons (Fsp3) is 0.167. The number of benzene rings is 1. The highest BCUT2D eigenvalue weighted by atomic mass is 35.5. The molecule has 10 heteroatoms. The third kappa shape index (κ3) is 2.47. The van der Waals surface area contributed by atoms with Gasteiger partial charge in [-0.25, -0.2) is 4.39 Å². The van der Waals surface area contributed by atoms with E-state index >= 15 is 0 Å². The van der Waals surface area contributed by atoms with Crippen molar-refractivity contribution in [1.82, 2.24) is 29.6 Å². The molecule has 1 atom stereocenters. The fourth-order valence-corrected chi connectivity index (χ4v) is 3.93. The molecule has 1 aliphatic heterocycles. The molecule has 0 unspecified atom stereocenters. The van der Waals surface area contributed by atoms with E-state index in [1.165, 1.54) is 21.6 Å². The lowest BCUT2D eigenvalue weighted by atomic mass is 9.85. The average Bonchev–Trinajstić information content (AvgIpc) is 3.25. The van der Waals surface area contributed by atoms with Crippen LogP contribution in [-0.2, 0) is 4.79 Å². The molecule has 3 aromatic heterocycles. The molecule has 1 N–H and O–H groups in total. The van der Waals surface area contributed by atoms with E-state index in [2.05, 4.69) is 25.7 Å². The summed E-state index contributed by atoms with van der Waals surface area (Å²) >= 11 is 6.28. The van der Waals surface area contributed by atoms with Gasteiger partial charge in [-0.2, -0.15) is 14.3 Å². The number of carbonyl (C=O) groups is 1. The minimum absolute atomic E-state index is 0.0814. The van der Waals surface area contributed by atoms with Crippen molar-refractivity contribution in [2.24, 2.45) is 0 Å². The van der Waals surface area contributed by atoms with Crippen LogP contribution in [0.15, 0.2) is 36.7 Å². The van der Waals surface area contributed by atoms with Gasteiger partial charge in [-0.1, -0.05) is 17.7 Å². The molecule has 28 heavy (non-hydrogen) atoms. The summed E-state index contributed by atoms with van der Waals surface area (Å²) in [5.41, 5.74) is 2.26. The maximum absolute atomic E-state index is 14.6. The van der Waals surface area contributed by atoms with Crippen molar-refractivity contribution in [2.45, 2.75) is 19.3 Å². The van der Waals surface area contributed by atoms with E-state index in [0.717, 1.165) is 5.56 Å². The SMILES string of the molecule is Cc1nn(-c2ccc3nncn3n2)c2c1[C@H](c1c(F)cccc1Cl)CC(=O)N2. The van der Waals surface area contributed by atoms with Gasteiger partial charge in [0.25, 0.3) is 0 Å². The second kappa shape index (κ2) is 6.10. The number of rotatable bonds is 2. The van der Waals surface area contributed by atoms with E-state index in [1.807, 2.05) is 6.92 Å². The zero-order chi connectivity index (χ0) is 19.4. The van der Waals surface area contributed by atoms with Crippen LogP contribution in [-0.4, -0.2) is 35.5 Å². The molecule has 0 radical (unpaired) electrons. The number of nitrogens with zero attached hydrogens (tertiary/aromatic N) is 6. The zero-order valence-corrected chi connectivity index (χ0v) is 15.4. The van der Waals surface area contributed by atoms with Crippen LogP contribution >= 0.6 is 11.6 Å². The summed E-state index contributed by atoms with van der Waals surface area (Å²) in [6.45, 7) is 1.81. The van der Waals surface area contributed by atoms with Gasteiger partial charge in [0.1, 0.15) is 18.0 Å². The van der Waals surface area contributed by atoms with Gasteiger partial charge in [0.05, 0.1) is 5.69 Å². The van der Waals surface area contributed by atoms with Gasteiger partial charge in [-0.05, 0) is 31.2 Å². The second-order valence-electron chi connectivity index (χ2n) is 6.52. The third-order valence-electron chi connectivity index (χ3n) is 4.82. The minimum Gasteiger partial charge on any atom is -0.310 e. The smallest absolute Gasteiger partial charge is 0.226 e. The fourth-order valence-electron chi connectivity index (χ4n) is 3.63. The number of carbonyl (C=O) groups excluding carboxylic acids is 1. The number of aryl methyl sites for hydroxylation is 1. The van der Waals surface area contributed by atoms with Crippen LogP contribution in [0.5, 0.6) is 0 Å². The summed E-state index contributed by atoms with van der Waals surface area (Å²) in [6.07, 6.45) is 1.56. The number of amides is 1. The molecule has 8 nitrogen and oxygen atoms in total. The molecular formula is C18H13ClFN7O. The van der Waals surface area contributed by atoms with Crippen molar-refractivity contribution in [3.8, 4) is 5.82 Å². The molecule has 0 aliphatic carbocycles. The molecule has 0 fully saturated rings. The average molecular weight is 398 g/mol. The van der Waals surface area contributed by atoms with Crippen LogP contribution < -0.4 is 5.32 Å². The van der Waals surface area contributed by atoms with Gasteiger partial charge < -0.3 is 5.32 Å². The highest BCUT2D eigenvalue weighted by molar-refractivity contribution is 6.31. The summed E-state index contributed by atoms with van der Waals surface area (Å²) in [6, 6.07) is 7.97. The van der Waals surface area contributed by atoms with Crippen LogP contribution in [0, 0.1) is 12.7 Å². The number of nitrogens with one attached hydrogen (secondary N) is 1. The van der Waals surface area contributed by atoms with Crippen molar-refractivity contribution in [1.29, 1.82) is 0 Å². The monoisotopic (exact) mass is 397 g/mol. The Bertz CT molecular complexity index is 1230. The first-order valence-corrected chi connectivity index (χ1v) is 8.91. The maximum Gasteiger partial charge on any atom is 0.226 e. The molecule has 4 aromatic rings. The van der Waals surface area contributed by atoms with E-state index in [0.29, 0.717) is 28.5 Å². The quantitative estimate of drug-likeness (QED) is 0.561. The van der Waals surface area contributed by atoms with Crippen LogP contribution in [0.3, 0.4) is 0 Å². The lowest BCUT2D eigenvalue weighted by Crippen LogP contribution is -2.25. The molecule has 0 spiro atoms. The number of hydrogen-bond acceptors (Lipinski definition) is 5. The Hall–Kier alpha value is -3.33. The van der Waals surface area contributed by atoms with Crippen LogP contribution in [0.1, 0.15) is 29.2 Å². The number of anilines is 1. The Balaban J connectivity index is 1.71. The van der Waals surface area contributed by atoms with E-state index in [4.69, 9.17) is 11.6 Å². The molecule has 0 saturated carbocycles. The summed E-state index contributed by atoms with van der Waals surface area (Å²) in [4.78, 5) is 12.4. The predicted octanol–water partition coefficient (Wildman–Crippen LogP) is 2.89. The molecule has 1 amide bonds. The van der Waals surface area contributed by atoms with E-state index < -0.39 is 11.7 Å². The van der Waals surface area contributed by atoms with Crippen molar-refractivity contribution >= 4 is 29.0 Å². The Kier molecular flexibility index (Phi) is 3.66. The van der Waals surface area contributed by atoms with Gasteiger partial charge in [0.15, 0.2) is 11.5 Å². The minimum atomic E-state index is -0.537. The Morgan fingerprint density at radius 2 is 2.07 bits per heavy atom. The molecule has 1 aliphatic rings. The van der Waals surface area contributed by atoms with E-state index in [1.54, 1.807) is 24.3 Å². The second-order valence-corrected chi connectivity index (χ2v) is 6.93. The van der Waals surface area contributed by atoms with Gasteiger partial charge in [0.2, 0.25) is 5.91 Å². The number of halogens is 2. The van der Waals surface area contributed by atoms with Crippen molar-refractivity contribution in [3.63, 3.8) is 0 Å². The van der Waals surface area contributed by atoms with Crippen molar-refractivity contribution in [2.75, 3.05) is 5.32 Å². The van der Waals surface area contributed by atoms with Crippen molar-refractivity contribution < 1.29 is 9.18 Å². The lowest BCUT2D eigenvalue weighted by molar-refractivity contribution is -0.116. The topological polar surface area (TPSA) is 90.0 Å². The van der Waals surface area contributed by atoms with Crippen molar-refractivity contribution in [3.05, 3.63) is 64.3 Å². The molecule has 0 bridgehead atoms. The predicted molar refractivity (Wildman–Crippen MR) is 99.1 cm³/mol. The third-order valence-corrected chi connectivity index (χ3v) is 5.14. The standard InChI is InChI=1S/C18H13ClFN7O/c1-9-16-10(17-11(19)3-2-4-12(17)20)7-15(28)22-18(16)27(24-9)14-6-5-13-23-21-8-26(13)25-14/h2-6,8,10H,7H2,1H3,(H,22,28)/t10-/m1/s1. The first-order chi connectivity index (χ1) is 13.5. The normalized spacial score (nSPS) is 16.2. The molecule has 4 heterocycles. The highest BCUT2D eigenvalue weighted by Crippen LogP contribution is 2.43. The van der Waals surface area contributed by atoms with Gasteiger partial charge in [0, 0.05) is 28.5 Å². The van der Waals surface area contributed by atoms with E-state index in [9.17, 15) is 9.18 Å². The number of aromatic nitrogens is 6. The number of fused-ring (bicyclic) bond motifs is 2. The first kappa shape index (κ1) is 16.8. The van der Waals surface area contributed by atoms with Gasteiger partial charge >= 0.3 is 0 Å². The summed E-state index contributed by atoms with van der Waals surface area (Å²) in [5, 5.41) is 19.8. The Labute approximate surface area is 163 Å². The first-order valence-electron chi connectivity index (χ1n) is 8.53. The van der Waals surface area contributed by atoms with Crippen LogP contribution in [0.25, 0.3) is 11.5 Å². The lowest BCUT2D eigenvalue weighted by Gasteiger charge is -2.25.